The predicted octanol–water partition coefficient (Wildman–Crippen LogP) is 6.00. The molecule has 5 aromatic rings. The van der Waals surface area contributed by atoms with Gasteiger partial charge in [0.1, 0.15) is 0 Å². The van der Waals surface area contributed by atoms with Crippen LogP contribution in [-0.4, -0.2) is 19.9 Å². The van der Waals surface area contributed by atoms with Crippen molar-refractivity contribution < 1.29 is 0 Å². The van der Waals surface area contributed by atoms with Crippen molar-refractivity contribution in [3.8, 4) is 43.1 Å². The fourth-order valence-corrected chi connectivity index (χ4v) is 4.78. The van der Waals surface area contributed by atoms with Crippen LogP contribution in [0.4, 0.5) is 0 Å². The van der Waals surface area contributed by atoms with E-state index in [0.717, 1.165) is 22.3 Å². The number of aromatic nitrogens is 4. The molecule has 0 unspecified atom stereocenters. The van der Waals surface area contributed by atoms with E-state index in [2.05, 4.69) is 62.4 Å². The molecule has 0 saturated heterocycles. The maximum Gasteiger partial charge on any atom is 0.0435 e. The molecule has 5 heterocycles. The van der Waals surface area contributed by atoms with Crippen LogP contribution in [0.5, 0.6) is 0 Å². The zero-order valence-corrected chi connectivity index (χ0v) is 16.3. The molecule has 5 rings (SSSR count). The molecule has 0 fully saturated rings. The van der Waals surface area contributed by atoms with Gasteiger partial charge in [0.15, 0.2) is 0 Å². The first-order chi connectivity index (χ1) is 14.4. The van der Waals surface area contributed by atoms with Crippen LogP contribution >= 0.6 is 11.3 Å². The molecular formula is C24H16N4S. The quantitative estimate of drug-likeness (QED) is 0.377. The topological polar surface area (TPSA) is 51.6 Å². The van der Waals surface area contributed by atoms with Crippen LogP contribution in [-0.2, 0) is 0 Å². The third-order valence-electron chi connectivity index (χ3n) is 4.71. The van der Waals surface area contributed by atoms with Gasteiger partial charge in [0, 0.05) is 76.0 Å². The SMILES string of the molecule is c1cncc(-c2c(-c3ccncc3)sc(-c3ccncc3)c2-c2ccncc2)c1. The average molecular weight is 392 g/mol. The standard InChI is InChI=1S/C24H16N4S/c1-2-20(16-28-9-1)22-21(17-3-10-25-11-4-17)23(18-5-12-26-13-6-18)29-24(22)19-7-14-27-15-8-19/h1-16H. The number of thiophene rings is 1. The molecule has 0 atom stereocenters. The highest BCUT2D eigenvalue weighted by Crippen LogP contribution is 2.51. The summed E-state index contributed by atoms with van der Waals surface area (Å²) in [5, 5.41) is 0. The van der Waals surface area contributed by atoms with Crippen molar-refractivity contribution in [2.45, 2.75) is 0 Å². The van der Waals surface area contributed by atoms with Crippen molar-refractivity contribution in [1.82, 2.24) is 19.9 Å². The second kappa shape index (κ2) is 7.73. The van der Waals surface area contributed by atoms with E-state index in [9.17, 15) is 0 Å². The summed E-state index contributed by atoms with van der Waals surface area (Å²) >= 11 is 1.78. The third-order valence-corrected chi connectivity index (χ3v) is 6.00. The Balaban J connectivity index is 1.89. The Morgan fingerprint density at radius 2 is 0.931 bits per heavy atom. The van der Waals surface area contributed by atoms with Gasteiger partial charge in [0.2, 0.25) is 0 Å². The molecule has 0 amide bonds. The van der Waals surface area contributed by atoms with Gasteiger partial charge in [0.05, 0.1) is 0 Å². The number of hydrogen-bond donors (Lipinski definition) is 0. The van der Waals surface area contributed by atoms with E-state index in [4.69, 9.17) is 0 Å². The predicted molar refractivity (Wildman–Crippen MR) is 117 cm³/mol. The maximum atomic E-state index is 4.38. The summed E-state index contributed by atoms with van der Waals surface area (Å²) in [7, 11) is 0. The molecule has 5 aromatic heterocycles. The Labute approximate surface area is 172 Å². The van der Waals surface area contributed by atoms with E-state index < -0.39 is 0 Å². The van der Waals surface area contributed by atoms with E-state index in [-0.39, 0.29) is 0 Å². The van der Waals surface area contributed by atoms with Crippen LogP contribution in [0.3, 0.4) is 0 Å². The van der Waals surface area contributed by atoms with Gasteiger partial charge in [-0.3, -0.25) is 19.9 Å². The monoisotopic (exact) mass is 392 g/mol. The number of hydrogen-bond acceptors (Lipinski definition) is 5. The third kappa shape index (κ3) is 3.32. The van der Waals surface area contributed by atoms with Crippen LogP contribution in [0.1, 0.15) is 0 Å². The largest absolute Gasteiger partial charge is 0.265 e. The zero-order valence-electron chi connectivity index (χ0n) is 15.4. The molecular weight excluding hydrogens is 376 g/mol. The van der Waals surface area contributed by atoms with Gasteiger partial charge in [-0.25, -0.2) is 0 Å². The van der Waals surface area contributed by atoms with E-state index in [1.807, 2.05) is 49.4 Å². The van der Waals surface area contributed by atoms with Crippen LogP contribution in [0, 0.1) is 0 Å². The summed E-state index contributed by atoms with van der Waals surface area (Å²) in [6.07, 6.45) is 14.7. The summed E-state index contributed by atoms with van der Waals surface area (Å²) in [6, 6.07) is 16.4. The summed E-state index contributed by atoms with van der Waals surface area (Å²) in [5.74, 6) is 0. The summed E-state index contributed by atoms with van der Waals surface area (Å²) < 4.78 is 0. The summed E-state index contributed by atoms with van der Waals surface area (Å²) in [6.45, 7) is 0. The van der Waals surface area contributed by atoms with Gasteiger partial charge in [-0.2, -0.15) is 0 Å². The molecule has 4 nitrogen and oxygen atoms in total. The minimum atomic E-state index is 1.09. The molecule has 138 valence electrons. The molecule has 5 heteroatoms. The summed E-state index contributed by atoms with van der Waals surface area (Å²) in [5.41, 5.74) is 6.85. The molecule has 29 heavy (non-hydrogen) atoms. The fourth-order valence-electron chi connectivity index (χ4n) is 3.42. The minimum Gasteiger partial charge on any atom is -0.265 e. The minimum absolute atomic E-state index is 1.09. The first kappa shape index (κ1) is 17.4. The molecule has 0 aromatic carbocycles. The lowest BCUT2D eigenvalue weighted by Gasteiger charge is -2.10. The van der Waals surface area contributed by atoms with Gasteiger partial charge < -0.3 is 0 Å². The Hall–Kier alpha value is -3.70. The fraction of sp³-hybridized carbons (Fsp3) is 0. The highest BCUT2D eigenvalue weighted by molar-refractivity contribution is 7.20. The molecule has 0 radical (unpaired) electrons. The lowest BCUT2D eigenvalue weighted by atomic mass is 9.93. The van der Waals surface area contributed by atoms with Gasteiger partial charge in [0.25, 0.3) is 0 Å². The molecule has 0 aliphatic heterocycles. The van der Waals surface area contributed by atoms with Crippen molar-refractivity contribution in [1.29, 1.82) is 0 Å². The molecule has 0 aliphatic rings. The highest BCUT2D eigenvalue weighted by atomic mass is 32.1. The van der Waals surface area contributed by atoms with Gasteiger partial charge >= 0.3 is 0 Å². The Morgan fingerprint density at radius 1 is 0.448 bits per heavy atom. The van der Waals surface area contributed by atoms with Gasteiger partial charge in [-0.1, -0.05) is 6.07 Å². The number of nitrogens with zero attached hydrogens (tertiary/aromatic N) is 4. The molecule has 0 saturated carbocycles. The molecule has 0 aliphatic carbocycles. The molecule has 0 spiro atoms. The second-order valence-corrected chi connectivity index (χ2v) is 7.48. The zero-order chi connectivity index (χ0) is 19.5. The van der Waals surface area contributed by atoms with Crippen molar-refractivity contribution in [2.24, 2.45) is 0 Å². The van der Waals surface area contributed by atoms with Crippen LogP contribution in [0.15, 0.2) is 98.1 Å². The first-order valence-electron chi connectivity index (χ1n) is 9.20. The van der Waals surface area contributed by atoms with Crippen LogP contribution in [0.2, 0.25) is 0 Å². The van der Waals surface area contributed by atoms with E-state index in [1.54, 1.807) is 17.5 Å². The van der Waals surface area contributed by atoms with Crippen molar-refractivity contribution >= 4 is 11.3 Å². The molecule has 0 bridgehead atoms. The Morgan fingerprint density at radius 3 is 1.41 bits per heavy atom. The van der Waals surface area contributed by atoms with Crippen molar-refractivity contribution in [2.75, 3.05) is 0 Å². The van der Waals surface area contributed by atoms with Gasteiger partial charge in [-0.05, 0) is 59.2 Å². The number of pyridine rings is 4. The van der Waals surface area contributed by atoms with E-state index in [0.29, 0.717) is 0 Å². The smallest absolute Gasteiger partial charge is 0.0435 e. The highest BCUT2D eigenvalue weighted by Gasteiger charge is 2.23. The van der Waals surface area contributed by atoms with Crippen molar-refractivity contribution in [3.63, 3.8) is 0 Å². The van der Waals surface area contributed by atoms with Crippen LogP contribution in [0.25, 0.3) is 43.1 Å². The van der Waals surface area contributed by atoms with Gasteiger partial charge in [-0.15, -0.1) is 11.3 Å². The first-order valence-corrected chi connectivity index (χ1v) is 10.0. The number of rotatable bonds is 4. The Kier molecular flexibility index (Phi) is 4.64. The average Bonchev–Trinajstić information content (AvgIpc) is 3.22. The Bertz CT molecular complexity index is 1120. The van der Waals surface area contributed by atoms with E-state index >= 15 is 0 Å². The van der Waals surface area contributed by atoms with Crippen LogP contribution < -0.4 is 0 Å². The normalized spacial score (nSPS) is 10.8. The lowest BCUT2D eigenvalue weighted by Crippen LogP contribution is -1.87. The second-order valence-electron chi connectivity index (χ2n) is 6.46. The van der Waals surface area contributed by atoms with Crippen molar-refractivity contribution in [3.05, 3.63) is 98.1 Å². The van der Waals surface area contributed by atoms with E-state index in [1.165, 1.54) is 20.9 Å². The maximum absolute atomic E-state index is 4.38. The lowest BCUT2D eigenvalue weighted by molar-refractivity contribution is 1.32. The molecule has 0 N–H and O–H groups in total. The summed E-state index contributed by atoms with van der Waals surface area (Å²) in [4.78, 5) is 19.4.